The minimum Gasteiger partial charge on any atom is -0.256 e. The van der Waals surface area contributed by atoms with E-state index in [0.29, 0.717) is 12.0 Å². The van der Waals surface area contributed by atoms with Crippen molar-refractivity contribution in [2.24, 2.45) is 0 Å². The average Bonchev–Trinajstić information content (AvgIpc) is 2.26. The van der Waals surface area contributed by atoms with E-state index < -0.39 is 11.6 Å². The molecule has 1 nitrogen and oxygen atoms in total. The van der Waals surface area contributed by atoms with Crippen molar-refractivity contribution in [2.45, 2.75) is 38.0 Å². The summed E-state index contributed by atoms with van der Waals surface area (Å²) in [6.07, 6.45) is 2.24. The first kappa shape index (κ1) is 15.2. The average molecular weight is 271 g/mol. The second-order valence-corrected chi connectivity index (χ2v) is 6.74. The van der Waals surface area contributed by atoms with Gasteiger partial charge in [-0.3, -0.25) is 4.72 Å². The van der Waals surface area contributed by atoms with Crippen molar-refractivity contribution in [3.63, 3.8) is 0 Å². The van der Waals surface area contributed by atoms with E-state index >= 15 is 0 Å². The molecule has 0 heterocycles. The van der Waals surface area contributed by atoms with E-state index in [1.54, 1.807) is 6.08 Å². The molecular weight excluding hydrogens is 252 g/mol. The Bertz CT molecular complexity index is 413. The second-order valence-electron chi connectivity index (χ2n) is 5.08. The molecule has 0 aliphatic heterocycles. The Labute approximate surface area is 112 Å². The fourth-order valence-corrected chi connectivity index (χ4v) is 2.15. The van der Waals surface area contributed by atoms with Gasteiger partial charge in [-0.05, 0) is 45.4 Å². The van der Waals surface area contributed by atoms with E-state index in [0.717, 1.165) is 12.1 Å². The predicted octanol–water partition coefficient (Wildman–Crippen LogP) is 4.62. The molecule has 100 valence electrons. The molecule has 0 radical (unpaired) electrons. The molecule has 0 amide bonds. The normalized spacial score (nSPS) is 13.4. The first-order valence-corrected chi connectivity index (χ1v) is 6.64. The van der Waals surface area contributed by atoms with Gasteiger partial charge in [0.2, 0.25) is 0 Å². The van der Waals surface area contributed by atoms with Crippen LogP contribution in [0.4, 0.5) is 8.78 Å². The number of halogens is 2. The predicted molar refractivity (Wildman–Crippen MR) is 74.4 cm³/mol. The molecular formula is C14H19F2NS. The van der Waals surface area contributed by atoms with Gasteiger partial charge in [0.1, 0.15) is 11.6 Å². The highest BCUT2D eigenvalue weighted by molar-refractivity contribution is 7.98. The molecule has 0 aliphatic carbocycles. The molecule has 0 fully saturated rings. The Morgan fingerprint density at radius 3 is 2.61 bits per heavy atom. The third-order valence-electron chi connectivity index (χ3n) is 2.24. The maximum Gasteiger partial charge on any atom is 0.128 e. The lowest BCUT2D eigenvalue weighted by Gasteiger charge is -2.24. The summed E-state index contributed by atoms with van der Waals surface area (Å²) < 4.78 is 30.1. The summed E-state index contributed by atoms with van der Waals surface area (Å²) in [5, 5.41) is 0. The Kier molecular flexibility index (Phi) is 5.35. The zero-order valence-electron chi connectivity index (χ0n) is 11.0. The molecule has 0 unspecified atom stereocenters. The van der Waals surface area contributed by atoms with Gasteiger partial charge >= 0.3 is 0 Å². The zero-order valence-corrected chi connectivity index (χ0v) is 11.8. The lowest BCUT2D eigenvalue weighted by atomic mass is 10.0. The summed E-state index contributed by atoms with van der Waals surface area (Å²) in [4.78, 5) is 0. The van der Waals surface area contributed by atoms with Crippen LogP contribution in [-0.2, 0) is 0 Å². The standard InChI is InChI=1S/C14H19F2NS/c1-5-6-13(17-18-14(2,3)4)11-9-10(15)7-8-12(11)16/h5,7-9,13,17H,1,6H2,2-4H3/t13-/m0/s1. The second kappa shape index (κ2) is 6.34. The van der Waals surface area contributed by atoms with Crippen LogP contribution in [0.3, 0.4) is 0 Å². The maximum atomic E-state index is 13.7. The highest BCUT2D eigenvalue weighted by Gasteiger charge is 2.19. The summed E-state index contributed by atoms with van der Waals surface area (Å²) in [5.74, 6) is -0.826. The van der Waals surface area contributed by atoms with Crippen LogP contribution in [-0.4, -0.2) is 4.75 Å². The quantitative estimate of drug-likeness (QED) is 0.619. The Hall–Kier alpha value is -0.870. The van der Waals surface area contributed by atoms with Crippen molar-refractivity contribution < 1.29 is 8.78 Å². The largest absolute Gasteiger partial charge is 0.256 e. The minimum absolute atomic E-state index is 0.00320. The van der Waals surface area contributed by atoms with E-state index in [1.807, 2.05) is 0 Å². The van der Waals surface area contributed by atoms with E-state index in [-0.39, 0.29) is 10.8 Å². The highest BCUT2D eigenvalue weighted by Crippen LogP contribution is 2.28. The summed E-state index contributed by atoms with van der Waals surface area (Å²) in [6.45, 7) is 9.82. The third-order valence-corrected chi connectivity index (χ3v) is 3.26. The summed E-state index contributed by atoms with van der Waals surface area (Å²) in [6, 6.07) is 3.24. The molecule has 0 aliphatic rings. The van der Waals surface area contributed by atoms with Crippen LogP contribution in [0.5, 0.6) is 0 Å². The Morgan fingerprint density at radius 1 is 1.39 bits per heavy atom. The van der Waals surface area contributed by atoms with Crippen molar-refractivity contribution >= 4 is 11.9 Å². The van der Waals surface area contributed by atoms with Crippen LogP contribution in [0.2, 0.25) is 0 Å². The molecule has 1 aromatic rings. The van der Waals surface area contributed by atoms with Crippen LogP contribution in [0.1, 0.15) is 38.8 Å². The monoisotopic (exact) mass is 271 g/mol. The fraction of sp³-hybridized carbons (Fsp3) is 0.429. The number of rotatable bonds is 5. The van der Waals surface area contributed by atoms with Crippen molar-refractivity contribution in [1.82, 2.24) is 4.72 Å². The summed E-state index contributed by atoms with van der Waals surface area (Å²) >= 11 is 1.50. The molecule has 0 spiro atoms. The first-order valence-electron chi connectivity index (χ1n) is 5.83. The van der Waals surface area contributed by atoms with Crippen molar-refractivity contribution in [3.8, 4) is 0 Å². The summed E-state index contributed by atoms with van der Waals surface area (Å²) in [7, 11) is 0. The third kappa shape index (κ3) is 4.78. The minimum atomic E-state index is -0.428. The number of benzene rings is 1. The van der Waals surface area contributed by atoms with Gasteiger partial charge in [0, 0.05) is 16.4 Å². The molecule has 0 saturated heterocycles. The lowest BCUT2D eigenvalue weighted by Crippen LogP contribution is -2.22. The van der Waals surface area contributed by atoms with Gasteiger partial charge in [0.05, 0.1) is 0 Å². The number of hydrogen-bond acceptors (Lipinski definition) is 2. The van der Waals surface area contributed by atoms with Crippen LogP contribution >= 0.6 is 11.9 Å². The SMILES string of the molecule is C=CC[C@H](NSC(C)(C)C)c1cc(F)ccc1F. The van der Waals surface area contributed by atoms with Crippen LogP contribution in [0.15, 0.2) is 30.9 Å². The van der Waals surface area contributed by atoms with Gasteiger partial charge in [-0.25, -0.2) is 8.78 Å². The van der Waals surface area contributed by atoms with Crippen LogP contribution in [0, 0.1) is 11.6 Å². The van der Waals surface area contributed by atoms with E-state index in [1.165, 1.54) is 18.0 Å². The van der Waals surface area contributed by atoms with Gasteiger partial charge in [-0.15, -0.1) is 6.58 Å². The van der Waals surface area contributed by atoms with E-state index in [4.69, 9.17) is 0 Å². The van der Waals surface area contributed by atoms with Gasteiger partial charge in [0.15, 0.2) is 0 Å². The van der Waals surface area contributed by atoms with Crippen LogP contribution in [0.25, 0.3) is 0 Å². The van der Waals surface area contributed by atoms with Gasteiger partial charge in [0.25, 0.3) is 0 Å². The molecule has 0 saturated carbocycles. The molecule has 0 bridgehead atoms. The smallest absolute Gasteiger partial charge is 0.128 e. The molecule has 1 aromatic carbocycles. The zero-order chi connectivity index (χ0) is 13.8. The lowest BCUT2D eigenvalue weighted by molar-refractivity contribution is 0.552. The van der Waals surface area contributed by atoms with Crippen LogP contribution < -0.4 is 4.72 Å². The van der Waals surface area contributed by atoms with Gasteiger partial charge < -0.3 is 0 Å². The van der Waals surface area contributed by atoms with Crippen molar-refractivity contribution in [1.29, 1.82) is 0 Å². The Morgan fingerprint density at radius 2 is 2.06 bits per heavy atom. The molecule has 0 aromatic heterocycles. The molecule has 1 atom stereocenters. The number of hydrogen-bond donors (Lipinski definition) is 1. The van der Waals surface area contributed by atoms with Gasteiger partial charge in [-0.2, -0.15) is 0 Å². The Balaban J connectivity index is 2.89. The highest BCUT2D eigenvalue weighted by atomic mass is 32.2. The van der Waals surface area contributed by atoms with Crippen molar-refractivity contribution in [2.75, 3.05) is 0 Å². The molecule has 18 heavy (non-hydrogen) atoms. The first-order chi connectivity index (χ1) is 8.33. The van der Waals surface area contributed by atoms with Crippen molar-refractivity contribution in [3.05, 3.63) is 48.1 Å². The van der Waals surface area contributed by atoms with E-state index in [2.05, 4.69) is 32.1 Å². The topological polar surface area (TPSA) is 12.0 Å². The van der Waals surface area contributed by atoms with E-state index in [9.17, 15) is 8.78 Å². The fourth-order valence-electron chi connectivity index (χ4n) is 1.43. The summed E-state index contributed by atoms with van der Waals surface area (Å²) in [5.41, 5.74) is 0.339. The van der Waals surface area contributed by atoms with Gasteiger partial charge in [-0.1, -0.05) is 18.0 Å². The molecule has 4 heteroatoms. The maximum absolute atomic E-state index is 13.7. The molecule has 1 N–H and O–H groups in total. The number of nitrogens with one attached hydrogen (secondary N) is 1. The molecule has 1 rings (SSSR count).